The van der Waals surface area contributed by atoms with E-state index in [4.69, 9.17) is 4.78 Å². The van der Waals surface area contributed by atoms with E-state index in [1.165, 1.54) is 0 Å². The molecule has 28 heavy (non-hydrogen) atoms. The van der Waals surface area contributed by atoms with Crippen LogP contribution in [0.15, 0.2) is 42.5 Å². The van der Waals surface area contributed by atoms with Crippen molar-refractivity contribution in [1.29, 1.82) is 4.78 Å². The monoisotopic (exact) mass is 415 g/mol. The van der Waals surface area contributed by atoms with Crippen molar-refractivity contribution >= 4 is 9.92 Å². The fraction of sp³-hybridized carbons (Fsp3) is 0.368. The second-order valence-corrected chi connectivity index (χ2v) is 8.74. The van der Waals surface area contributed by atoms with Gasteiger partial charge < -0.3 is 5.32 Å². The van der Waals surface area contributed by atoms with E-state index < -0.39 is 33.3 Å². The van der Waals surface area contributed by atoms with Gasteiger partial charge in [-0.2, -0.15) is 13.2 Å². The lowest BCUT2D eigenvalue weighted by atomic mass is 9.96. The van der Waals surface area contributed by atoms with Gasteiger partial charge in [-0.25, -0.2) is 18.1 Å². The van der Waals surface area contributed by atoms with Crippen LogP contribution in [-0.2, 0) is 16.3 Å². The van der Waals surface area contributed by atoms with Gasteiger partial charge in [0.25, 0.3) is 0 Å². The molecule has 3 atom stereocenters. The molecule has 9 heteroatoms. The Bertz CT molecular complexity index is 960. The molecular weight excluding hydrogens is 394 g/mol. The molecule has 1 heterocycles. The molecule has 1 aliphatic heterocycles. The normalized spacial score (nSPS) is 22.2. The van der Waals surface area contributed by atoms with Crippen LogP contribution in [0.3, 0.4) is 0 Å². The molecule has 0 saturated carbocycles. The van der Waals surface area contributed by atoms with Crippen molar-refractivity contribution in [1.82, 2.24) is 10.0 Å². The van der Waals surface area contributed by atoms with E-state index in [9.17, 15) is 17.4 Å². The summed E-state index contributed by atoms with van der Waals surface area (Å²) in [5.74, 6) is -0.428. The highest BCUT2D eigenvalue weighted by Gasteiger charge is 2.44. The second-order valence-electron chi connectivity index (χ2n) is 6.93. The fourth-order valence-corrected chi connectivity index (χ4v) is 4.26. The number of hydrogen-bond donors (Lipinski definition) is 3. The summed E-state index contributed by atoms with van der Waals surface area (Å²) in [4.78, 5) is 0. The van der Waals surface area contributed by atoms with Crippen molar-refractivity contribution in [3.8, 4) is 11.1 Å². The maximum Gasteiger partial charge on any atom is 0.492 e. The lowest BCUT2D eigenvalue weighted by Gasteiger charge is -2.23. The minimum absolute atomic E-state index is 0.122. The Hall–Kier alpha value is -1.97. The quantitative estimate of drug-likeness (QED) is 0.643. The molecule has 1 saturated heterocycles. The summed E-state index contributed by atoms with van der Waals surface area (Å²) < 4.78 is 74.1. The predicted octanol–water partition coefficient (Wildman–Crippen LogP) is 4.15. The zero-order chi connectivity index (χ0) is 20.5. The van der Waals surface area contributed by atoms with Crippen LogP contribution in [0.1, 0.15) is 17.5 Å². The number of hydrogen-bond acceptors (Lipinski definition) is 3. The minimum atomic E-state index is -5.16. The van der Waals surface area contributed by atoms with Crippen LogP contribution in [-0.4, -0.2) is 28.3 Å². The standard InChI is InChI=1S/C19H21F4N3OS/c1-12-4-2-5-13(10-12)15-7-3-6-14(18(15)20)11-17-16(8-9-25-17)26-28(24,27)19(21,22)23/h2-7,10,16-17,25H,8-9,11H2,1H3,(H2,24,26,27)/t16-,17-,28?/m0/s1. The molecule has 2 aromatic rings. The van der Waals surface area contributed by atoms with Crippen molar-refractivity contribution in [3.05, 3.63) is 59.4 Å². The van der Waals surface area contributed by atoms with Crippen molar-refractivity contribution in [3.63, 3.8) is 0 Å². The Morgan fingerprint density at radius 3 is 2.64 bits per heavy atom. The average Bonchev–Trinajstić information content (AvgIpc) is 3.02. The van der Waals surface area contributed by atoms with Crippen LogP contribution in [0.25, 0.3) is 11.1 Å². The molecule has 0 amide bonds. The van der Waals surface area contributed by atoms with Crippen LogP contribution in [0.5, 0.6) is 0 Å². The summed E-state index contributed by atoms with van der Waals surface area (Å²) in [6, 6.07) is 10.9. The van der Waals surface area contributed by atoms with Gasteiger partial charge in [-0.15, -0.1) is 0 Å². The molecule has 152 valence electrons. The Morgan fingerprint density at radius 1 is 1.25 bits per heavy atom. The summed E-state index contributed by atoms with van der Waals surface area (Å²) in [6.45, 7) is 2.30. The third-order valence-corrected chi connectivity index (χ3v) is 6.13. The van der Waals surface area contributed by atoms with Gasteiger partial charge in [0.1, 0.15) is 5.82 Å². The topological polar surface area (TPSA) is 65.0 Å². The first-order valence-electron chi connectivity index (χ1n) is 8.78. The van der Waals surface area contributed by atoms with E-state index in [0.717, 1.165) is 11.1 Å². The van der Waals surface area contributed by atoms with Gasteiger partial charge in [0.15, 0.2) is 0 Å². The summed E-state index contributed by atoms with van der Waals surface area (Å²) in [6.07, 6.45) is 0.395. The molecular formula is C19H21F4N3OS. The molecule has 0 bridgehead atoms. The highest BCUT2D eigenvalue weighted by molar-refractivity contribution is 7.91. The second kappa shape index (κ2) is 7.81. The zero-order valence-corrected chi connectivity index (χ0v) is 16.0. The molecule has 1 aliphatic rings. The Kier molecular flexibility index (Phi) is 5.79. The van der Waals surface area contributed by atoms with Gasteiger partial charge in [0.05, 0.1) is 0 Å². The van der Waals surface area contributed by atoms with Crippen molar-refractivity contribution in [2.24, 2.45) is 0 Å². The third kappa shape index (κ3) is 4.37. The van der Waals surface area contributed by atoms with Crippen molar-refractivity contribution in [2.75, 3.05) is 6.54 Å². The lowest BCUT2D eigenvalue weighted by Crippen LogP contribution is -2.48. The number of rotatable bonds is 5. The van der Waals surface area contributed by atoms with Gasteiger partial charge in [-0.05, 0) is 37.4 Å². The summed E-state index contributed by atoms with van der Waals surface area (Å²) >= 11 is 0. The van der Waals surface area contributed by atoms with Gasteiger partial charge >= 0.3 is 5.51 Å². The molecule has 3 rings (SSSR count). The molecule has 4 nitrogen and oxygen atoms in total. The molecule has 0 aliphatic carbocycles. The lowest BCUT2D eigenvalue weighted by molar-refractivity contribution is -0.0420. The highest BCUT2D eigenvalue weighted by Crippen LogP contribution is 2.28. The molecule has 0 radical (unpaired) electrons. The minimum Gasteiger partial charge on any atom is -0.312 e. The number of alkyl halides is 3. The Balaban J connectivity index is 1.83. The fourth-order valence-electron chi connectivity index (χ4n) is 3.41. The molecule has 2 aromatic carbocycles. The van der Waals surface area contributed by atoms with Gasteiger partial charge in [0, 0.05) is 17.6 Å². The first-order valence-corrected chi connectivity index (χ1v) is 10.3. The highest BCUT2D eigenvalue weighted by atomic mass is 32.2. The smallest absolute Gasteiger partial charge is 0.312 e. The molecule has 1 fully saturated rings. The number of aryl methyl sites for hydroxylation is 1. The molecule has 3 N–H and O–H groups in total. The van der Waals surface area contributed by atoms with Crippen molar-refractivity contribution < 1.29 is 21.8 Å². The van der Waals surface area contributed by atoms with E-state index in [-0.39, 0.29) is 12.8 Å². The van der Waals surface area contributed by atoms with Crippen LogP contribution in [0.4, 0.5) is 17.6 Å². The first-order chi connectivity index (χ1) is 13.1. The summed E-state index contributed by atoms with van der Waals surface area (Å²) in [5, 5.41) is 3.02. The summed E-state index contributed by atoms with van der Waals surface area (Å²) in [5.41, 5.74) is -2.67. The van der Waals surface area contributed by atoms with Gasteiger partial charge in [-0.3, -0.25) is 0 Å². The van der Waals surface area contributed by atoms with Crippen LogP contribution >= 0.6 is 0 Å². The zero-order valence-electron chi connectivity index (χ0n) is 15.1. The molecule has 0 spiro atoms. The van der Waals surface area contributed by atoms with Crippen LogP contribution < -0.4 is 10.0 Å². The molecule has 0 aromatic heterocycles. The van der Waals surface area contributed by atoms with Gasteiger partial charge in [0.2, 0.25) is 9.92 Å². The van der Waals surface area contributed by atoms with E-state index in [1.807, 2.05) is 29.8 Å². The van der Waals surface area contributed by atoms with E-state index in [0.29, 0.717) is 17.7 Å². The largest absolute Gasteiger partial charge is 0.492 e. The van der Waals surface area contributed by atoms with E-state index >= 15 is 4.39 Å². The number of nitrogens with one attached hydrogen (secondary N) is 3. The predicted molar refractivity (Wildman–Crippen MR) is 101 cm³/mol. The molecule has 1 unspecified atom stereocenters. The van der Waals surface area contributed by atoms with Crippen LogP contribution in [0.2, 0.25) is 0 Å². The summed E-state index contributed by atoms with van der Waals surface area (Å²) in [7, 11) is -4.96. The van der Waals surface area contributed by atoms with E-state index in [2.05, 4.69) is 5.32 Å². The van der Waals surface area contributed by atoms with Gasteiger partial charge in [-0.1, -0.05) is 48.0 Å². The number of halogens is 4. The van der Waals surface area contributed by atoms with Crippen LogP contribution in [0, 0.1) is 17.5 Å². The third-order valence-electron chi connectivity index (χ3n) is 4.84. The SMILES string of the molecule is Cc1cccc(-c2cccc(C[C@@H]3NCC[C@@H]3NS(=N)(=O)C(F)(F)F)c2F)c1. The maximum atomic E-state index is 15.1. The average molecular weight is 415 g/mol. The Morgan fingerprint density at radius 2 is 1.96 bits per heavy atom. The maximum absolute atomic E-state index is 15.1. The Labute approximate surface area is 161 Å². The number of benzene rings is 2. The first kappa shape index (κ1) is 20.8. The van der Waals surface area contributed by atoms with E-state index in [1.54, 1.807) is 24.3 Å². The van der Waals surface area contributed by atoms with Crippen molar-refractivity contribution in [2.45, 2.75) is 37.4 Å².